The molecule has 0 aliphatic heterocycles. The van der Waals surface area contributed by atoms with Gasteiger partial charge in [0.2, 0.25) is 0 Å². The van der Waals surface area contributed by atoms with Crippen molar-refractivity contribution in [1.82, 2.24) is 4.98 Å². The van der Waals surface area contributed by atoms with Gasteiger partial charge in [-0.25, -0.2) is 4.98 Å². The summed E-state index contributed by atoms with van der Waals surface area (Å²) in [5.41, 5.74) is 0.941. The number of thiazole rings is 1. The number of allylic oxidation sites excluding steroid dienone is 1. The Kier molecular flexibility index (Phi) is 3.10. The minimum Gasteiger partial charge on any atom is -0.493 e. The molecule has 0 radical (unpaired) electrons. The van der Waals surface area contributed by atoms with Gasteiger partial charge in [0.25, 0.3) is 0 Å². The van der Waals surface area contributed by atoms with Gasteiger partial charge in [0.05, 0.1) is 24.4 Å². The first kappa shape index (κ1) is 11.0. The fraction of sp³-hybridized carbons (Fsp3) is 0.250. The van der Waals surface area contributed by atoms with Gasteiger partial charge in [-0.05, 0) is 13.0 Å². The second-order valence-electron chi connectivity index (χ2n) is 3.23. The highest BCUT2D eigenvalue weighted by Crippen LogP contribution is 2.34. The lowest BCUT2D eigenvalue weighted by Crippen LogP contribution is -1.89. The quantitative estimate of drug-likeness (QED) is 0.817. The van der Waals surface area contributed by atoms with Crippen molar-refractivity contribution >= 4 is 27.6 Å². The van der Waals surface area contributed by atoms with Gasteiger partial charge in [-0.15, -0.1) is 11.3 Å². The number of benzene rings is 1. The fourth-order valence-electron chi connectivity index (χ4n) is 1.49. The van der Waals surface area contributed by atoms with E-state index >= 15 is 0 Å². The number of hydrogen-bond acceptors (Lipinski definition) is 4. The van der Waals surface area contributed by atoms with Gasteiger partial charge >= 0.3 is 0 Å². The maximum atomic E-state index is 5.25. The molecule has 16 heavy (non-hydrogen) atoms. The molecule has 0 unspecified atom stereocenters. The number of methoxy groups -OCH3 is 2. The Morgan fingerprint density at radius 1 is 1.19 bits per heavy atom. The summed E-state index contributed by atoms with van der Waals surface area (Å²) in [6.07, 6.45) is 3.97. The number of hydrogen-bond donors (Lipinski definition) is 0. The van der Waals surface area contributed by atoms with Crippen LogP contribution in [0.5, 0.6) is 11.5 Å². The Bertz CT molecular complexity index is 490. The molecule has 0 saturated carbocycles. The minimum atomic E-state index is 0.715. The van der Waals surface area contributed by atoms with Gasteiger partial charge in [0.1, 0.15) is 5.01 Å². The highest BCUT2D eigenvalue weighted by atomic mass is 32.1. The van der Waals surface area contributed by atoms with E-state index in [1.807, 2.05) is 31.2 Å². The van der Waals surface area contributed by atoms with Crippen molar-refractivity contribution in [2.75, 3.05) is 14.2 Å². The zero-order valence-corrected chi connectivity index (χ0v) is 10.3. The normalized spacial score (nSPS) is 11.2. The second kappa shape index (κ2) is 4.53. The number of nitrogens with zero attached hydrogens (tertiary/aromatic N) is 1. The van der Waals surface area contributed by atoms with E-state index < -0.39 is 0 Å². The molecule has 0 aliphatic carbocycles. The Morgan fingerprint density at radius 3 is 2.50 bits per heavy atom. The topological polar surface area (TPSA) is 31.4 Å². The van der Waals surface area contributed by atoms with E-state index in [-0.39, 0.29) is 0 Å². The minimum absolute atomic E-state index is 0.715. The van der Waals surface area contributed by atoms with Crippen LogP contribution >= 0.6 is 11.3 Å². The molecule has 0 amide bonds. The summed E-state index contributed by atoms with van der Waals surface area (Å²) in [6, 6.07) is 3.86. The van der Waals surface area contributed by atoms with E-state index in [4.69, 9.17) is 9.47 Å². The molecular formula is C12H13NO2S. The summed E-state index contributed by atoms with van der Waals surface area (Å²) in [4.78, 5) is 4.48. The van der Waals surface area contributed by atoms with Gasteiger partial charge in [-0.1, -0.05) is 6.08 Å². The zero-order chi connectivity index (χ0) is 11.5. The Balaban J connectivity index is 2.59. The van der Waals surface area contributed by atoms with E-state index in [0.717, 1.165) is 21.0 Å². The summed E-state index contributed by atoms with van der Waals surface area (Å²) in [5, 5.41) is 0.993. The van der Waals surface area contributed by atoms with Crippen LogP contribution in [0.25, 0.3) is 16.3 Å². The summed E-state index contributed by atoms with van der Waals surface area (Å²) in [7, 11) is 3.26. The predicted molar refractivity (Wildman–Crippen MR) is 67.4 cm³/mol. The maximum Gasteiger partial charge on any atom is 0.162 e. The fourth-order valence-corrected chi connectivity index (χ4v) is 2.44. The maximum absolute atomic E-state index is 5.25. The summed E-state index contributed by atoms with van der Waals surface area (Å²) in [5.74, 6) is 1.46. The highest BCUT2D eigenvalue weighted by Gasteiger charge is 2.09. The van der Waals surface area contributed by atoms with E-state index in [1.165, 1.54) is 0 Å². The Morgan fingerprint density at radius 2 is 1.88 bits per heavy atom. The molecule has 2 rings (SSSR count). The monoisotopic (exact) mass is 235 g/mol. The van der Waals surface area contributed by atoms with Crippen molar-refractivity contribution in [1.29, 1.82) is 0 Å². The Labute approximate surface area is 98.3 Å². The first-order valence-corrected chi connectivity index (χ1v) is 5.75. The summed E-state index contributed by atoms with van der Waals surface area (Å²) < 4.78 is 11.6. The number of aromatic nitrogens is 1. The molecule has 0 saturated heterocycles. The van der Waals surface area contributed by atoms with Crippen LogP contribution in [0.3, 0.4) is 0 Å². The van der Waals surface area contributed by atoms with Crippen LogP contribution in [0.2, 0.25) is 0 Å². The van der Waals surface area contributed by atoms with Crippen molar-refractivity contribution in [2.45, 2.75) is 6.92 Å². The van der Waals surface area contributed by atoms with Crippen LogP contribution in [0.15, 0.2) is 18.2 Å². The van der Waals surface area contributed by atoms with Crippen LogP contribution in [0, 0.1) is 0 Å². The third-order valence-electron chi connectivity index (χ3n) is 2.22. The molecule has 84 valence electrons. The molecule has 2 aromatic rings. The van der Waals surface area contributed by atoms with Gasteiger partial charge < -0.3 is 9.47 Å². The van der Waals surface area contributed by atoms with Crippen molar-refractivity contribution < 1.29 is 9.47 Å². The first-order valence-electron chi connectivity index (χ1n) is 4.93. The molecule has 0 spiro atoms. The molecular weight excluding hydrogens is 222 g/mol. The zero-order valence-electron chi connectivity index (χ0n) is 9.48. The standard InChI is InChI=1S/C12H13NO2S/c1-4-5-12-13-8-6-9(14-2)10(15-3)7-11(8)16-12/h4-7H,1-3H3/b5-4+. The molecule has 3 nitrogen and oxygen atoms in total. The van der Waals surface area contributed by atoms with Gasteiger partial charge in [0, 0.05) is 12.1 Å². The van der Waals surface area contributed by atoms with Gasteiger partial charge in [0.15, 0.2) is 11.5 Å². The number of ether oxygens (including phenoxy) is 2. The van der Waals surface area contributed by atoms with E-state index in [9.17, 15) is 0 Å². The van der Waals surface area contributed by atoms with Crippen LogP contribution in [-0.2, 0) is 0 Å². The smallest absolute Gasteiger partial charge is 0.162 e. The average Bonchev–Trinajstić information content (AvgIpc) is 2.68. The number of rotatable bonds is 3. The van der Waals surface area contributed by atoms with Crippen LogP contribution in [0.1, 0.15) is 11.9 Å². The van der Waals surface area contributed by atoms with E-state index in [2.05, 4.69) is 4.98 Å². The lowest BCUT2D eigenvalue weighted by Gasteiger charge is -2.05. The third kappa shape index (κ3) is 1.88. The second-order valence-corrected chi connectivity index (χ2v) is 4.29. The molecule has 0 atom stereocenters. The van der Waals surface area contributed by atoms with Crippen LogP contribution in [0.4, 0.5) is 0 Å². The molecule has 0 bridgehead atoms. The van der Waals surface area contributed by atoms with Crippen molar-refractivity contribution in [3.8, 4) is 11.5 Å². The van der Waals surface area contributed by atoms with Crippen LogP contribution < -0.4 is 9.47 Å². The van der Waals surface area contributed by atoms with Crippen molar-refractivity contribution in [3.63, 3.8) is 0 Å². The van der Waals surface area contributed by atoms with Gasteiger partial charge in [-0.2, -0.15) is 0 Å². The molecule has 4 heteroatoms. The van der Waals surface area contributed by atoms with Gasteiger partial charge in [-0.3, -0.25) is 0 Å². The molecule has 1 aromatic carbocycles. The number of fused-ring (bicyclic) bond motifs is 1. The molecule has 0 fully saturated rings. The lowest BCUT2D eigenvalue weighted by atomic mass is 10.3. The van der Waals surface area contributed by atoms with Crippen LogP contribution in [-0.4, -0.2) is 19.2 Å². The average molecular weight is 235 g/mol. The van der Waals surface area contributed by atoms with Crippen molar-refractivity contribution in [3.05, 3.63) is 23.2 Å². The Hall–Kier alpha value is -1.55. The summed E-state index contributed by atoms with van der Waals surface area (Å²) in [6.45, 7) is 1.98. The lowest BCUT2D eigenvalue weighted by molar-refractivity contribution is 0.356. The molecule has 0 N–H and O–H groups in total. The van der Waals surface area contributed by atoms with Crippen molar-refractivity contribution in [2.24, 2.45) is 0 Å². The third-order valence-corrected chi connectivity index (χ3v) is 3.20. The molecule has 1 heterocycles. The highest BCUT2D eigenvalue weighted by molar-refractivity contribution is 7.19. The SMILES string of the molecule is C/C=C/c1nc2cc(OC)c(OC)cc2s1. The van der Waals surface area contributed by atoms with E-state index in [0.29, 0.717) is 5.75 Å². The molecule has 1 aromatic heterocycles. The van der Waals surface area contributed by atoms with E-state index in [1.54, 1.807) is 25.6 Å². The summed E-state index contributed by atoms with van der Waals surface area (Å²) >= 11 is 1.64. The largest absolute Gasteiger partial charge is 0.493 e. The first-order chi connectivity index (χ1) is 7.78. The predicted octanol–water partition coefficient (Wildman–Crippen LogP) is 3.35. The molecule has 0 aliphatic rings.